The van der Waals surface area contributed by atoms with Gasteiger partial charge in [-0.3, -0.25) is 0 Å². The Labute approximate surface area is 144 Å². The fourth-order valence-corrected chi connectivity index (χ4v) is 9.85. The molecule has 0 aromatic rings. The highest BCUT2D eigenvalue weighted by molar-refractivity contribution is 7.65. The van der Waals surface area contributed by atoms with E-state index in [9.17, 15) is 9.13 Å². The molecule has 2 rings (SSSR count). The van der Waals surface area contributed by atoms with Crippen LogP contribution in [0.25, 0.3) is 0 Å². The topological polar surface area (TPSA) is 34.1 Å². The van der Waals surface area contributed by atoms with Gasteiger partial charge in [-0.1, -0.05) is 51.4 Å². The monoisotopic (exact) mass is 360 g/mol. The first-order chi connectivity index (χ1) is 10.8. The summed E-state index contributed by atoms with van der Waals surface area (Å²) in [6.45, 7) is 6.01. The van der Waals surface area contributed by atoms with E-state index >= 15 is 0 Å². The quantitative estimate of drug-likeness (QED) is 0.518. The van der Waals surface area contributed by atoms with Crippen molar-refractivity contribution in [3.63, 3.8) is 0 Å². The van der Waals surface area contributed by atoms with Crippen molar-refractivity contribution in [3.05, 3.63) is 0 Å². The zero-order valence-corrected chi connectivity index (χ0v) is 17.4. The molecule has 0 aliphatic heterocycles. The van der Waals surface area contributed by atoms with Crippen molar-refractivity contribution in [2.24, 2.45) is 0 Å². The van der Waals surface area contributed by atoms with Crippen molar-refractivity contribution >= 4 is 14.3 Å². The Morgan fingerprint density at radius 2 is 0.957 bits per heavy atom. The van der Waals surface area contributed by atoms with Crippen LogP contribution in [0, 0.1) is 0 Å². The highest BCUT2D eigenvalue weighted by Gasteiger charge is 2.39. The van der Waals surface area contributed by atoms with Gasteiger partial charge in [0, 0.05) is 17.0 Å². The van der Waals surface area contributed by atoms with Gasteiger partial charge in [0.1, 0.15) is 0 Å². The van der Waals surface area contributed by atoms with Crippen LogP contribution in [0.15, 0.2) is 0 Å². The van der Waals surface area contributed by atoms with Crippen molar-refractivity contribution in [2.75, 3.05) is 20.0 Å². The summed E-state index contributed by atoms with van der Waals surface area (Å²) in [5.74, 6) is 0. The first-order valence-corrected chi connectivity index (χ1v) is 14.9. The molecule has 0 bridgehead atoms. The van der Waals surface area contributed by atoms with Crippen LogP contribution < -0.4 is 0 Å². The van der Waals surface area contributed by atoms with Gasteiger partial charge in [0.15, 0.2) is 0 Å². The summed E-state index contributed by atoms with van der Waals surface area (Å²) in [6, 6.07) is 0. The summed E-state index contributed by atoms with van der Waals surface area (Å²) in [7, 11) is -4.24. The van der Waals surface area contributed by atoms with Crippen LogP contribution in [-0.4, -0.2) is 37.0 Å². The second-order valence-electron chi connectivity index (χ2n) is 8.67. The third-order valence-corrected chi connectivity index (χ3v) is 12.6. The van der Waals surface area contributed by atoms with Crippen LogP contribution in [0.2, 0.25) is 0 Å². The van der Waals surface area contributed by atoms with E-state index in [1.54, 1.807) is 0 Å². The van der Waals surface area contributed by atoms with Gasteiger partial charge in [-0.05, 0) is 52.1 Å². The molecule has 2 saturated carbocycles. The molecule has 4 heteroatoms. The van der Waals surface area contributed by atoms with Crippen molar-refractivity contribution in [1.29, 1.82) is 0 Å². The van der Waals surface area contributed by atoms with Crippen LogP contribution in [0.4, 0.5) is 0 Å². The van der Waals surface area contributed by atoms with Crippen molar-refractivity contribution in [1.82, 2.24) is 0 Å². The summed E-state index contributed by atoms with van der Waals surface area (Å²) < 4.78 is 26.5. The molecular formula is C19H38O2P2. The lowest BCUT2D eigenvalue weighted by Gasteiger charge is -2.37. The lowest BCUT2D eigenvalue weighted by molar-refractivity contribution is 0.456. The average Bonchev–Trinajstić information content (AvgIpc) is 2.35. The van der Waals surface area contributed by atoms with Gasteiger partial charge in [-0.25, -0.2) is 0 Å². The lowest BCUT2D eigenvalue weighted by Crippen LogP contribution is -2.25. The van der Waals surface area contributed by atoms with Crippen LogP contribution in [-0.2, 0) is 9.13 Å². The largest absolute Gasteiger partial charge is 0.324 e. The molecule has 3 atom stereocenters. The molecule has 0 radical (unpaired) electrons. The van der Waals surface area contributed by atoms with E-state index in [1.807, 2.05) is 13.3 Å². The zero-order chi connectivity index (χ0) is 16.9. The molecule has 0 saturated heterocycles. The Morgan fingerprint density at radius 3 is 1.48 bits per heavy atom. The standard InChI is InChI=1S/C19H38O2P2/c1-22(2,20)18-14-10-7-11-15-19(16-18)23(3,21)17-12-8-5-4-6-9-13-17/h17-19H,4-16H2,1-3H3. The van der Waals surface area contributed by atoms with E-state index in [0.717, 1.165) is 19.3 Å². The molecule has 0 N–H and O–H groups in total. The minimum Gasteiger partial charge on any atom is -0.324 e. The Bertz CT molecular complexity index is 446. The normalized spacial score (nSPS) is 32.1. The Morgan fingerprint density at radius 1 is 0.565 bits per heavy atom. The first kappa shape index (κ1) is 19.8. The molecule has 0 amide bonds. The number of hydrogen-bond donors (Lipinski definition) is 0. The predicted octanol–water partition coefficient (Wildman–Crippen LogP) is 6.81. The summed E-state index contributed by atoms with van der Waals surface area (Å²) in [4.78, 5) is 0. The summed E-state index contributed by atoms with van der Waals surface area (Å²) >= 11 is 0. The number of rotatable bonds is 3. The molecule has 2 aliphatic carbocycles. The lowest BCUT2D eigenvalue weighted by atomic mass is 10.00. The van der Waals surface area contributed by atoms with E-state index in [1.165, 1.54) is 64.2 Å². The maximum absolute atomic E-state index is 13.8. The Hall–Kier alpha value is 0.460. The van der Waals surface area contributed by atoms with Gasteiger partial charge in [0.05, 0.1) is 14.3 Å². The minimum absolute atomic E-state index is 0.314. The maximum Gasteiger partial charge on any atom is 0.0906 e. The van der Waals surface area contributed by atoms with E-state index in [2.05, 4.69) is 6.66 Å². The Kier molecular flexibility index (Phi) is 7.49. The Balaban J connectivity index is 2.13. The molecule has 0 aromatic heterocycles. The van der Waals surface area contributed by atoms with Gasteiger partial charge in [0.25, 0.3) is 0 Å². The fourth-order valence-electron chi connectivity index (χ4n) is 4.76. The van der Waals surface area contributed by atoms with Gasteiger partial charge >= 0.3 is 0 Å². The third-order valence-electron chi connectivity index (χ3n) is 6.52. The summed E-state index contributed by atoms with van der Waals surface area (Å²) in [5.41, 5.74) is 1.10. The van der Waals surface area contributed by atoms with Crippen molar-refractivity contribution in [2.45, 2.75) is 100 Å². The smallest absolute Gasteiger partial charge is 0.0906 e. The maximum atomic E-state index is 13.8. The van der Waals surface area contributed by atoms with Gasteiger partial charge in [0.2, 0.25) is 0 Å². The van der Waals surface area contributed by atoms with Gasteiger partial charge < -0.3 is 9.13 Å². The van der Waals surface area contributed by atoms with Crippen molar-refractivity contribution < 1.29 is 9.13 Å². The van der Waals surface area contributed by atoms with E-state index in [4.69, 9.17) is 0 Å². The van der Waals surface area contributed by atoms with Crippen LogP contribution in [0.1, 0.15) is 83.5 Å². The SMILES string of the molecule is CP(C)(=O)C1CCCCCC(P(C)(=O)C2CCCCCCC2)C1. The minimum atomic E-state index is -2.17. The van der Waals surface area contributed by atoms with E-state index in [-0.39, 0.29) is 0 Å². The summed E-state index contributed by atoms with van der Waals surface area (Å²) in [5, 5.41) is 0. The molecule has 2 aliphatic rings. The average molecular weight is 360 g/mol. The molecule has 23 heavy (non-hydrogen) atoms. The van der Waals surface area contributed by atoms with E-state index in [0.29, 0.717) is 17.0 Å². The molecule has 0 heterocycles. The second kappa shape index (κ2) is 8.71. The van der Waals surface area contributed by atoms with Crippen LogP contribution >= 0.6 is 14.3 Å². The molecule has 136 valence electrons. The van der Waals surface area contributed by atoms with Crippen LogP contribution in [0.3, 0.4) is 0 Å². The molecular weight excluding hydrogens is 322 g/mol. The molecule has 0 aromatic carbocycles. The second-order valence-corrected chi connectivity index (χ2v) is 15.9. The summed E-state index contributed by atoms with van der Waals surface area (Å²) in [6.07, 6.45) is 15.7. The first-order valence-electron chi connectivity index (χ1n) is 9.93. The molecule has 2 fully saturated rings. The van der Waals surface area contributed by atoms with Gasteiger partial charge in [-0.15, -0.1) is 0 Å². The zero-order valence-electron chi connectivity index (χ0n) is 15.6. The highest BCUT2D eigenvalue weighted by Crippen LogP contribution is 2.61. The fraction of sp³-hybridized carbons (Fsp3) is 1.00. The predicted molar refractivity (Wildman–Crippen MR) is 104 cm³/mol. The van der Waals surface area contributed by atoms with Crippen molar-refractivity contribution in [3.8, 4) is 0 Å². The van der Waals surface area contributed by atoms with Crippen LogP contribution in [0.5, 0.6) is 0 Å². The van der Waals surface area contributed by atoms with E-state index < -0.39 is 14.3 Å². The third kappa shape index (κ3) is 5.74. The molecule has 0 spiro atoms. The highest BCUT2D eigenvalue weighted by atomic mass is 31.2. The molecule has 3 unspecified atom stereocenters. The van der Waals surface area contributed by atoms with Gasteiger partial charge in [-0.2, -0.15) is 0 Å². The number of hydrogen-bond acceptors (Lipinski definition) is 2. The molecule has 2 nitrogen and oxygen atoms in total.